The smallest absolute Gasteiger partial charge is 0.0182 e. The summed E-state index contributed by atoms with van der Waals surface area (Å²) >= 11 is 0. The van der Waals surface area contributed by atoms with E-state index in [1.165, 1.54) is 44.9 Å². The van der Waals surface area contributed by atoms with Crippen molar-refractivity contribution in [2.75, 3.05) is 0 Å². The minimum Gasteiger partial charge on any atom is -0.0850 e. The largest absolute Gasteiger partial charge is 0.0850 e. The van der Waals surface area contributed by atoms with Gasteiger partial charge in [0.05, 0.1) is 0 Å². The molecule has 0 saturated heterocycles. The van der Waals surface area contributed by atoms with Gasteiger partial charge in [-0.15, -0.1) is 0 Å². The first kappa shape index (κ1) is 12.7. The minimum atomic E-state index is 0.640. The molecule has 1 spiro atoms. The van der Waals surface area contributed by atoms with E-state index < -0.39 is 0 Å². The van der Waals surface area contributed by atoms with Crippen molar-refractivity contribution in [1.82, 2.24) is 0 Å². The molecular formula is C20H26. The molecule has 1 fully saturated rings. The van der Waals surface area contributed by atoms with Gasteiger partial charge in [0.15, 0.2) is 0 Å². The van der Waals surface area contributed by atoms with Gasteiger partial charge in [-0.3, -0.25) is 0 Å². The van der Waals surface area contributed by atoms with E-state index in [1.807, 2.05) is 0 Å². The summed E-state index contributed by atoms with van der Waals surface area (Å²) in [5, 5.41) is 0. The molecule has 0 nitrogen and oxygen atoms in total. The number of allylic oxidation sites excluding steroid dienone is 2. The third kappa shape index (κ3) is 1.73. The number of aryl methyl sites for hydroxylation is 1. The zero-order chi connectivity index (χ0) is 13.7. The molecule has 20 heavy (non-hydrogen) atoms. The molecule has 0 heterocycles. The minimum absolute atomic E-state index is 0.640. The maximum absolute atomic E-state index is 2.53. The summed E-state index contributed by atoms with van der Waals surface area (Å²) < 4.78 is 0. The third-order valence-electron chi connectivity index (χ3n) is 6.52. The van der Waals surface area contributed by atoms with E-state index >= 15 is 0 Å². The Bertz CT molecular complexity index is 565. The first-order valence-corrected chi connectivity index (χ1v) is 8.50. The average Bonchev–Trinajstić information content (AvgIpc) is 3.06. The van der Waals surface area contributed by atoms with Crippen molar-refractivity contribution in [2.24, 2.45) is 11.3 Å². The van der Waals surface area contributed by atoms with E-state index in [0.717, 1.165) is 11.8 Å². The van der Waals surface area contributed by atoms with Crippen LogP contribution in [0.5, 0.6) is 0 Å². The highest BCUT2D eigenvalue weighted by Gasteiger charge is 2.48. The van der Waals surface area contributed by atoms with E-state index in [4.69, 9.17) is 0 Å². The highest BCUT2D eigenvalue weighted by molar-refractivity contribution is 5.42. The third-order valence-corrected chi connectivity index (χ3v) is 6.52. The topological polar surface area (TPSA) is 0 Å². The van der Waals surface area contributed by atoms with E-state index in [0.29, 0.717) is 5.41 Å². The Morgan fingerprint density at radius 1 is 1.30 bits per heavy atom. The van der Waals surface area contributed by atoms with Crippen LogP contribution in [0.2, 0.25) is 0 Å². The molecule has 4 rings (SSSR count). The SMILES string of the molecule is CCC(C)c1cccc2c1CC1(CC2)CC2=CCC1C2. The first-order valence-electron chi connectivity index (χ1n) is 8.50. The molecule has 1 aromatic rings. The van der Waals surface area contributed by atoms with Crippen LogP contribution in [0.1, 0.15) is 68.6 Å². The first-order chi connectivity index (χ1) is 9.72. The molecule has 0 N–H and O–H groups in total. The zero-order valence-electron chi connectivity index (χ0n) is 12.9. The molecule has 0 aliphatic heterocycles. The monoisotopic (exact) mass is 266 g/mol. The van der Waals surface area contributed by atoms with Gasteiger partial charge < -0.3 is 0 Å². The molecule has 3 aliphatic rings. The lowest BCUT2D eigenvalue weighted by Gasteiger charge is -2.41. The lowest BCUT2D eigenvalue weighted by atomic mass is 9.63. The van der Waals surface area contributed by atoms with Crippen LogP contribution in [0.25, 0.3) is 0 Å². The number of hydrogen-bond donors (Lipinski definition) is 0. The van der Waals surface area contributed by atoms with Gasteiger partial charge in [0.2, 0.25) is 0 Å². The van der Waals surface area contributed by atoms with Crippen LogP contribution in [0.4, 0.5) is 0 Å². The second-order valence-electron chi connectivity index (χ2n) is 7.51. The summed E-state index contributed by atoms with van der Waals surface area (Å²) in [6.07, 6.45) is 12.1. The van der Waals surface area contributed by atoms with Crippen LogP contribution in [-0.2, 0) is 12.8 Å². The number of fused-ring (bicyclic) bond motifs is 4. The summed E-state index contributed by atoms with van der Waals surface area (Å²) in [5.74, 6) is 1.69. The summed E-state index contributed by atoms with van der Waals surface area (Å²) in [5.41, 5.74) is 7.47. The van der Waals surface area contributed by atoms with E-state index in [9.17, 15) is 0 Å². The number of benzene rings is 1. The van der Waals surface area contributed by atoms with Crippen LogP contribution in [0, 0.1) is 11.3 Å². The fourth-order valence-electron chi connectivity index (χ4n) is 5.11. The van der Waals surface area contributed by atoms with Gasteiger partial charge in [-0.1, -0.05) is 43.7 Å². The van der Waals surface area contributed by atoms with Gasteiger partial charge in [0, 0.05) is 0 Å². The molecule has 3 unspecified atom stereocenters. The highest BCUT2D eigenvalue weighted by Crippen LogP contribution is 2.58. The molecule has 106 valence electrons. The van der Waals surface area contributed by atoms with Crippen molar-refractivity contribution in [3.05, 3.63) is 46.5 Å². The highest BCUT2D eigenvalue weighted by atomic mass is 14.5. The van der Waals surface area contributed by atoms with Crippen molar-refractivity contribution in [2.45, 2.75) is 64.7 Å². The number of rotatable bonds is 2. The second-order valence-corrected chi connectivity index (χ2v) is 7.51. The molecule has 2 bridgehead atoms. The Balaban J connectivity index is 1.73. The normalized spacial score (nSPS) is 32.3. The van der Waals surface area contributed by atoms with Gasteiger partial charge in [-0.05, 0) is 78.9 Å². The second kappa shape index (κ2) is 4.48. The van der Waals surface area contributed by atoms with Gasteiger partial charge >= 0.3 is 0 Å². The maximum Gasteiger partial charge on any atom is -0.0182 e. The molecule has 3 aliphatic carbocycles. The summed E-state index contributed by atoms with van der Waals surface area (Å²) in [7, 11) is 0. The summed E-state index contributed by atoms with van der Waals surface area (Å²) in [4.78, 5) is 0. The van der Waals surface area contributed by atoms with Gasteiger partial charge in [-0.2, -0.15) is 0 Å². The Labute approximate surface area is 123 Å². The van der Waals surface area contributed by atoms with Crippen LogP contribution in [-0.4, -0.2) is 0 Å². The van der Waals surface area contributed by atoms with Gasteiger partial charge in [0.25, 0.3) is 0 Å². The molecule has 0 heteroatoms. The lowest BCUT2D eigenvalue weighted by molar-refractivity contribution is 0.168. The average molecular weight is 266 g/mol. The molecule has 1 aromatic carbocycles. The molecular weight excluding hydrogens is 240 g/mol. The fraction of sp³-hybridized carbons (Fsp3) is 0.600. The van der Waals surface area contributed by atoms with Crippen molar-refractivity contribution >= 4 is 0 Å². The lowest BCUT2D eigenvalue weighted by Crippen LogP contribution is -2.34. The zero-order valence-corrected chi connectivity index (χ0v) is 12.9. The Morgan fingerprint density at radius 2 is 2.20 bits per heavy atom. The van der Waals surface area contributed by atoms with E-state index in [1.54, 1.807) is 22.3 Å². The molecule has 3 atom stereocenters. The maximum atomic E-state index is 2.53. The van der Waals surface area contributed by atoms with E-state index in [-0.39, 0.29) is 0 Å². The van der Waals surface area contributed by atoms with Crippen molar-refractivity contribution in [3.63, 3.8) is 0 Å². The van der Waals surface area contributed by atoms with E-state index in [2.05, 4.69) is 38.1 Å². The fourth-order valence-corrected chi connectivity index (χ4v) is 5.11. The van der Waals surface area contributed by atoms with Crippen LogP contribution < -0.4 is 0 Å². The van der Waals surface area contributed by atoms with Crippen molar-refractivity contribution in [1.29, 1.82) is 0 Å². The molecule has 0 radical (unpaired) electrons. The Hall–Kier alpha value is -1.04. The van der Waals surface area contributed by atoms with Crippen LogP contribution >= 0.6 is 0 Å². The molecule has 0 amide bonds. The predicted octanol–water partition coefficient (Wildman–Crippen LogP) is 5.42. The predicted molar refractivity (Wildman–Crippen MR) is 85.0 cm³/mol. The van der Waals surface area contributed by atoms with Crippen molar-refractivity contribution in [3.8, 4) is 0 Å². The Morgan fingerprint density at radius 3 is 2.90 bits per heavy atom. The Kier molecular flexibility index (Phi) is 2.84. The van der Waals surface area contributed by atoms with Gasteiger partial charge in [0.1, 0.15) is 0 Å². The summed E-state index contributed by atoms with van der Waals surface area (Å²) in [6.45, 7) is 4.73. The standard InChI is InChI=1S/C20H26/c1-3-14(2)18-6-4-5-16-9-10-20(13-19(16)18)12-15-7-8-17(20)11-15/h4-7,14,17H,3,8-13H2,1-2H3. The van der Waals surface area contributed by atoms with Crippen LogP contribution in [0.15, 0.2) is 29.8 Å². The quantitative estimate of drug-likeness (QED) is 0.627. The number of hydrogen-bond acceptors (Lipinski definition) is 0. The van der Waals surface area contributed by atoms with Gasteiger partial charge in [-0.25, -0.2) is 0 Å². The molecule has 0 aromatic heterocycles. The van der Waals surface area contributed by atoms with Crippen LogP contribution in [0.3, 0.4) is 0 Å². The van der Waals surface area contributed by atoms with Crippen molar-refractivity contribution < 1.29 is 0 Å². The summed E-state index contributed by atoms with van der Waals surface area (Å²) in [6, 6.07) is 7.08. The molecule has 1 saturated carbocycles.